The number of fused-ring (bicyclic) bond motifs is 1. The Kier molecular flexibility index (Phi) is 4.83. The van der Waals surface area contributed by atoms with E-state index >= 15 is 0 Å². The van der Waals surface area contributed by atoms with Gasteiger partial charge in [-0.05, 0) is 26.0 Å². The van der Waals surface area contributed by atoms with Crippen LogP contribution < -0.4 is 14.8 Å². The number of aromatic nitrogens is 2. The maximum atomic E-state index is 9.06. The first-order valence-corrected chi connectivity index (χ1v) is 7.92. The summed E-state index contributed by atoms with van der Waals surface area (Å²) in [5.41, 5.74) is 3.26. The zero-order valence-electron chi connectivity index (χ0n) is 13.6. The first-order valence-electron chi connectivity index (χ1n) is 7.92. The van der Waals surface area contributed by atoms with E-state index in [0.717, 1.165) is 29.4 Å². The van der Waals surface area contributed by atoms with E-state index < -0.39 is 0 Å². The van der Waals surface area contributed by atoms with E-state index in [1.165, 1.54) is 5.56 Å². The average Bonchev–Trinajstić information content (AvgIpc) is 2.82. The topological polar surface area (TPSA) is 68.5 Å². The Morgan fingerprint density at radius 1 is 1.30 bits per heavy atom. The van der Waals surface area contributed by atoms with Crippen molar-refractivity contribution < 1.29 is 14.6 Å². The molecule has 6 heteroatoms. The summed E-state index contributed by atoms with van der Waals surface area (Å²) in [6.45, 7) is 6.64. The van der Waals surface area contributed by atoms with E-state index in [2.05, 4.69) is 10.4 Å². The summed E-state index contributed by atoms with van der Waals surface area (Å²) in [5.74, 6) is 1.61. The van der Waals surface area contributed by atoms with E-state index in [1.807, 2.05) is 42.8 Å². The largest absolute Gasteiger partial charge is 0.486 e. The molecular formula is C17H23N3O3. The summed E-state index contributed by atoms with van der Waals surface area (Å²) in [7, 11) is 0. The van der Waals surface area contributed by atoms with Crippen LogP contribution >= 0.6 is 0 Å². The average molecular weight is 317 g/mol. The van der Waals surface area contributed by atoms with Crippen molar-refractivity contribution in [3.05, 3.63) is 41.2 Å². The van der Waals surface area contributed by atoms with Crippen molar-refractivity contribution in [3.8, 4) is 11.5 Å². The molecule has 124 valence electrons. The number of hydrogen-bond acceptors (Lipinski definition) is 5. The van der Waals surface area contributed by atoms with Crippen molar-refractivity contribution >= 4 is 0 Å². The summed E-state index contributed by atoms with van der Waals surface area (Å²) in [5, 5.41) is 16.9. The minimum atomic E-state index is -0.00185. The molecule has 0 fully saturated rings. The Morgan fingerprint density at radius 2 is 2.09 bits per heavy atom. The Labute approximate surface area is 136 Å². The Hall–Kier alpha value is -2.05. The van der Waals surface area contributed by atoms with Crippen molar-refractivity contribution in [1.29, 1.82) is 0 Å². The first-order chi connectivity index (χ1) is 11.2. The molecule has 1 aliphatic rings. The minimum absolute atomic E-state index is 0.00185. The van der Waals surface area contributed by atoms with Gasteiger partial charge in [-0.25, -0.2) is 0 Å². The van der Waals surface area contributed by atoms with Crippen LogP contribution in [0.25, 0.3) is 0 Å². The van der Waals surface area contributed by atoms with Gasteiger partial charge in [-0.2, -0.15) is 5.10 Å². The second-order valence-corrected chi connectivity index (χ2v) is 5.72. The molecule has 0 aliphatic carbocycles. The smallest absolute Gasteiger partial charge is 0.161 e. The first kappa shape index (κ1) is 15.8. The number of benzene rings is 1. The molecule has 2 N–H and O–H groups in total. The number of ether oxygens (including phenoxy) is 2. The Balaban J connectivity index is 1.55. The Bertz CT molecular complexity index is 669. The van der Waals surface area contributed by atoms with Gasteiger partial charge >= 0.3 is 0 Å². The van der Waals surface area contributed by atoms with Gasteiger partial charge in [0.25, 0.3) is 0 Å². The summed E-state index contributed by atoms with van der Waals surface area (Å²) in [6, 6.07) is 7.73. The summed E-state index contributed by atoms with van der Waals surface area (Å²) in [4.78, 5) is 0. The van der Waals surface area contributed by atoms with Crippen molar-refractivity contribution in [3.63, 3.8) is 0 Å². The molecule has 1 atom stereocenters. The maximum absolute atomic E-state index is 9.06. The number of nitrogens with one attached hydrogen (secondary N) is 1. The minimum Gasteiger partial charge on any atom is -0.486 e. The van der Waals surface area contributed by atoms with Crippen molar-refractivity contribution in [2.24, 2.45) is 0 Å². The molecule has 0 saturated carbocycles. The van der Waals surface area contributed by atoms with Gasteiger partial charge in [-0.15, -0.1) is 0 Å². The molecule has 0 bridgehead atoms. The number of rotatable bonds is 6. The van der Waals surface area contributed by atoms with Crippen LogP contribution in [0.5, 0.6) is 11.5 Å². The fraction of sp³-hybridized carbons (Fsp3) is 0.471. The van der Waals surface area contributed by atoms with Gasteiger partial charge in [0, 0.05) is 24.3 Å². The molecule has 0 saturated heterocycles. The number of hydrogen-bond donors (Lipinski definition) is 2. The molecule has 23 heavy (non-hydrogen) atoms. The van der Waals surface area contributed by atoms with Crippen LogP contribution in [0.1, 0.15) is 17.0 Å². The highest BCUT2D eigenvalue weighted by Crippen LogP contribution is 2.30. The molecule has 2 heterocycles. The third kappa shape index (κ3) is 3.48. The highest BCUT2D eigenvalue weighted by molar-refractivity contribution is 5.40. The summed E-state index contributed by atoms with van der Waals surface area (Å²) >= 11 is 0. The summed E-state index contributed by atoms with van der Waals surface area (Å²) < 4.78 is 13.5. The van der Waals surface area contributed by atoms with Gasteiger partial charge in [0.15, 0.2) is 11.5 Å². The molecule has 1 aromatic heterocycles. The van der Waals surface area contributed by atoms with Crippen molar-refractivity contribution in [2.45, 2.75) is 33.0 Å². The lowest BCUT2D eigenvalue weighted by atomic mass is 10.2. The second kappa shape index (κ2) is 7.02. The number of aliphatic hydroxyl groups excluding tert-OH is 1. The SMILES string of the molecule is Cc1nn(CCO)c(C)c1CNCC1COc2ccccc2O1. The normalized spacial score (nSPS) is 16.6. The molecule has 3 rings (SSSR count). The number of nitrogens with zero attached hydrogens (tertiary/aromatic N) is 2. The van der Waals surface area contributed by atoms with Gasteiger partial charge in [0.1, 0.15) is 12.7 Å². The molecule has 6 nitrogen and oxygen atoms in total. The lowest BCUT2D eigenvalue weighted by Gasteiger charge is -2.26. The summed E-state index contributed by atoms with van der Waals surface area (Å²) in [6.07, 6.45) is -0.00185. The number of aryl methyl sites for hydroxylation is 1. The molecule has 0 spiro atoms. The van der Waals surface area contributed by atoms with Gasteiger partial charge in [-0.3, -0.25) is 4.68 Å². The number of aliphatic hydroxyl groups is 1. The quantitative estimate of drug-likeness (QED) is 0.843. The van der Waals surface area contributed by atoms with Crippen LogP contribution in [-0.4, -0.2) is 40.7 Å². The van der Waals surface area contributed by atoms with Gasteiger partial charge in [-0.1, -0.05) is 12.1 Å². The van der Waals surface area contributed by atoms with Crippen molar-refractivity contribution in [2.75, 3.05) is 19.8 Å². The lowest BCUT2D eigenvalue weighted by Crippen LogP contribution is -2.38. The van der Waals surface area contributed by atoms with Crippen LogP contribution in [0.15, 0.2) is 24.3 Å². The predicted molar refractivity (Wildman–Crippen MR) is 86.8 cm³/mol. The highest BCUT2D eigenvalue weighted by Gasteiger charge is 2.20. The standard InChI is InChI=1S/C17H23N3O3/c1-12-15(13(2)20(19-12)7-8-21)10-18-9-14-11-22-16-5-3-4-6-17(16)23-14/h3-6,14,18,21H,7-11H2,1-2H3. The number of para-hydroxylation sites is 2. The predicted octanol–water partition coefficient (Wildman–Crippen LogP) is 1.42. The van der Waals surface area contributed by atoms with Gasteiger partial charge < -0.3 is 19.9 Å². The molecule has 2 aromatic rings. The fourth-order valence-electron chi connectivity index (χ4n) is 2.82. The van der Waals surface area contributed by atoms with E-state index in [-0.39, 0.29) is 12.7 Å². The van der Waals surface area contributed by atoms with E-state index in [1.54, 1.807) is 0 Å². The van der Waals surface area contributed by atoms with Gasteiger partial charge in [0.2, 0.25) is 0 Å². The third-order valence-electron chi connectivity index (χ3n) is 4.08. The zero-order chi connectivity index (χ0) is 16.2. The third-order valence-corrected chi connectivity index (χ3v) is 4.08. The van der Waals surface area contributed by atoms with E-state index in [4.69, 9.17) is 14.6 Å². The van der Waals surface area contributed by atoms with E-state index in [0.29, 0.717) is 19.7 Å². The molecule has 0 amide bonds. The molecule has 1 unspecified atom stereocenters. The van der Waals surface area contributed by atoms with Crippen LogP contribution in [-0.2, 0) is 13.1 Å². The monoisotopic (exact) mass is 317 g/mol. The Morgan fingerprint density at radius 3 is 2.87 bits per heavy atom. The molecule has 1 aromatic carbocycles. The maximum Gasteiger partial charge on any atom is 0.161 e. The van der Waals surface area contributed by atoms with Crippen LogP contribution in [0.4, 0.5) is 0 Å². The van der Waals surface area contributed by atoms with Crippen LogP contribution in [0.2, 0.25) is 0 Å². The van der Waals surface area contributed by atoms with Crippen LogP contribution in [0, 0.1) is 13.8 Å². The molecule has 0 radical (unpaired) electrons. The second-order valence-electron chi connectivity index (χ2n) is 5.72. The zero-order valence-corrected chi connectivity index (χ0v) is 13.6. The molecular weight excluding hydrogens is 294 g/mol. The van der Waals surface area contributed by atoms with Crippen molar-refractivity contribution in [1.82, 2.24) is 15.1 Å². The van der Waals surface area contributed by atoms with Crippen LogP contribution in [0.3, 0.4) is 0 Å². The fourth-order valence-corrected chi connectivity index (χ4v) is 2.82. The molecule has 1 aliphatic heterocycles. The lowest BCUT2D eigenvalue weighted by molar-refractivity contribution is 0.0902. The van der Waals surface area contributed by atoms with Gasteiger partial charge in [0.05, 0.1) is 18.8 Å². The van der Waals surface area contributed by atoms with E-state index in [9.17, 15) is 0 Å². The highest BCUT2D eigenvalue weighted by atomic mass is 16.6.